The molecule has 0 aliphatic heterocycles. The summed E-state index contributed by atoms with van der Waals surface area (Å²) >= 11 is 0. The lowest BCUT2D eigenvalue weighted by Crippen LogP contribution is -2.00. The molecule has 0 nitrogen and oxygen atoms in total. The molecule has 8 rings (SSSR count). The molecule has 0 radical (unpaired) electrons. The number of fused-ring (bicyclic) bond motifs is 4. The Balaban J connectivity index is 0.000000502. The van der Waals surface area contributed by atoms with Gasteiger partial charge in [0.25, 0.3) is 0 Å². The summed E-state index contributed by atoms with van der Waals surface area (Å²) in [4.78, 5) is 0. The molecular formula is C64H72. The van der Waals surface area contributed by atoms with Crippen molar-refractivity contribution in [3.63, 3.8) is 0 Å². The number of rotatable bonds is 10. The van der Waals surface area contributed by atoms with E-state index >= 15 is 0 Å². The van der Waals surface area contributed by atoms with Crippen LogP contribution in [-0.4, -0.2) is 0 Å². The van der Waals surface area contributed by atoms with Crippen molar-refractivity contribution in [2.24, 2.45) is 11.8 Å². The fourth-order valence-electron chi connectivity index (χ4n) is 8.97. The number of hydrogen-bond donors (Lipinski definition) is 0. The first kappa shape index (κ1) is 47.7. The van der Waals surface area contributed by atoms with Crippen LogP contribution in [0.25, 0.3) is 49.5 Å². The van der Waals surface area contributed by atoms with Crippen molar-refractivity contribution < 1.29 is 0 Å². The molecule has 1 unspecified atom stereocenters. The van der Waals surface area contributed by atoms with Crippen molar-refractivity contribution in [1.82, 2.24) is 0 Å². The van der Waals surface area contributed by atoms with Crippen molar-refractivity contribution in [2.45, 2.75) is 132 Å². The highest BCUT2D eigenvalue weighted by Gasteiger charge is 2.18. The lowest BCUT2D eigenvalue weighted by atomic mass is 9.84. The summed E-state index contributed by atoms with van der Waals surface area (Å²) in [6.45, 7) is 20.2. The van der Waals surface area contributed by atoms with Gasteiger partial charge in [-0.25, -0.2) is 0 Å². The van der Waals surface area contributed by atoms with Crippen molar-refractivity contribution in [3.05, 3.63) is 172 Å². The van der Waals surface area contributed by atoms with Crippen LogP contribution in [0, 0.1) is 35.5 Å². The van der Waals surface area contributed by atoms with E-state index in [-0.39, 0.29) is 0 Å². The SMILES string of the molecule is CC(C)C.CCCC(CC)CC.CCCCc1ccc2cc(C#Cc3ccc4c(c3)C(C)CC=C4)ccc2c1-c1c(CCC)ccc2cc(C#Cc3ccc4ccccc4c3)ccc12. The summed E-state index contributed by atoms with van der Waals surface area (Å²) in [6, 6.07) is 44.5. The second-order valence-corrected chi connectivity index (χ2v) is 18.6. The summed E-state index contributed by atoms with van der Waals surface area (Å²) in [6.07, 6.45) is 16.6. The first-order valence-corrected chi connectivity index (χ1v) is 24.6. The minimum absolute atomic E-state index is 0.532. The van der Waals surface area contributed by atoms with Crippen LogP contribution >= 0.6 is 0 Å². The Hall–Kier alpha value is -5.82. The standard InChI is InChI=1S/C52H44.C8H18.C4H10/c1-4-6-12-44-27-29-47-34-39(18-19-40-21-25-42-15-9-11-36(3)50(42)35-40)23-31-49(47)52(44)51-43(10-5-2)26-28-46-33-38(22-30-48(46)51)17-16-37-20-24-41-13-7-8-14-45(41)32-37;1-4-7-8(5-2)6-3;1-4(2)3/h7-9,13-15,20-36H,4-6,10-12H2,1-3H3;8H,4-7H2,1-3H3;4H,1-3H3. The zero-order chi connectivity index (χ0) is 45.4. The quantitative estimate of drug-likeness (QED) is 0.120. The molecule has 0 saturated heterocycles. The second kappa shape index (κ2) is 23.7. The minimum Gasteiger partial charge on any atom is -0.0833 e. The average molecular weight is 841 g/mol. The monoisotopic (exact) mass is 841 g/mol. The van der Waals surface area contributed by atoms with Gasteiger partial charge in [-0.15, -0.1) is 0 Å². The third kappa shape index (κ3) is 12.5. The molecule has 1 aliphatic carbocycles. The number of benzene rings is 7. The van der Waals surface area contributed by atoms with Crippen molar-refractivity contribution >= 4 is 38.4 Å². The molecule has 0 aromatic heterocycles. The highest BCUT2D eigenvalue weighted by atomic mass is 14.2. The lowest BCUT2D eigenvalue weighted by molar-refractivity contribution is 0.451. The zero-order valence-electron chi connectivity index (χ0n) is 40.5. The van der Waals surface area contributed by atoms with Crippen molar-refractivity contribution in [3.8, 4) is 34.8 Å². The van der Waals surface area contributed by atoms with Crippen LogP contribution in [0.5, 0.6) is 0 Å². The van der Waals surface area contributed by atoms with Gasteiger partial charge in [-0.1, -0.05) is 209 Å². The molecule has 0 heterocycles. The van der Waals surface area contributed by atoms with Gasteiger partial charge in [-0.2, -0.15) is 0 Å². The van der Waals surface area contributed by atoms with E-state index in [1.54, 1.807) is 0 Å². The summed E-state index contributed by atoms with van der Waals surface area (Å²) in [7, 11) is 0. The summed E-state index contributed by atoms with van der Waals surface area (Å²) in [5.41, 5.74) is 12.5. The molecule has 0 saturated carbocycles. The van der Waals surface area contributed by atoms with Crippen LogP contribution < -0.4 is 0 Å². The number of hydrogen-bond acceptors (Lipinski definition) is 0. The Kier molecular flexibility index (Phi) is 17.7. The topological polar surface area (TPSA) is 0 Å². The van der Waals surface area contributed by atoms with Gasteiger partial charge in [0.2, 0.25) is 0 Å². The van der Waals surface area contributed by atoms with E-state index in [0.29, 0.717) is 5.92 Å². The maximum atomic E-state index is 3.50. The third-order valence-electron chi connectivity index (χ3n) is 12.5. The van der Waals surface area contributed by atoms with Gasteiger partial charge in [-0.3, -0.25) is 0 Å². The lowest BCUT2D eigenvalue weighted by Gasteiger charge is -2.20. The average Bonchev–Trinajstić information content (AvgIpc) is 3.31. The minimum atomic E-state index is 0.532. The summed E-state index contributed by atoms with van der Waals surface area (Å²) < 4.78 is 0. The third-order valence-corrected chi connectivity index (χ3v) is 12.5. The zero-order valence-corrected chi connectivity index (χ0v) is 40.5. The molecule has 64 heavy (non-hydrogen) atoms. The largest absolute Gasteiger partial charge is 0.0833 e. The molecule has 0 N–H and O–H groups in total. The van der Waals surface area contributed by atoms with Crippen LogP contribution in [0.2, 0.25) is 0 Å². The van der Waals surface area contributed by atoms with E-state index in [1.807, 2.05) is 0 Å². The molecular weight excluding hydrogens is 769 g/mol. The van der Waals surface area contributed by atoms with Crippen LogP contribution in [0.4, 0.5) is 0 Å². The van der Waals surface area contributed by atoms with E-state index in [4.69, 9.17) is 0 Å². The molecule has 0 bridgehead atoms. The fraction of sp³-hybridized carbons (Fsp3) is 0.344. The molecule has 1 aliphatic rings. The van der Waals surface area contributed by atoms with Gasteiger partial charge < -0.3 is 0 Å². The van der Waals surface area contributed by atoms with E-state index < -0.39 is 0 Å². The predicted molar refractivity (Wildman–Crippen MR) is 283 cm³/mol. The maximum absolute atomic E-state index is 3.50. The normalized spacial score (nSPS) is 12.8. The van der Waals surface area contributed by atoms with Gasteiger partial charge in [-0.05, 0) is 158 Å². The molecule has 7 aromatic rings. The summed E-state index contributed by atoms with van der Waals surface area (Å²) in [5.74, 6) is 16.2. The Labute approximate surface area is 387 Å². The van der Waals surface area contributed by atoms with E-state index in [9.17, 15) is 0 Å². The fourth-order valence-corrected chi connectivity index (χ4v) is 8.97. The van der Waals surface area contributed by atoms with Crippen LogP contribution in [0.15, 0.2) is 127 Å². The van der Waals surface area contributed by atoms with Gasteiger partial charge in [0, 0.05) is 22.3 Å². The van der Waals surface area contributed by atoms with E-state index in [2.05, 4.69) is 219 Å². The number of aryl methyl sites for hydroxylation is 2. The Morgan fingerprint density at radius 3 is 1.55 bits per heavy atom. The van der Waals surface area contributed by atoms with Gasteiger partial charge >= 0.3 is 0 Å². The Bertz CT molecular complexity index is 2800. The molecule has 1 atom stereocenters. The molecule has 0 fully saturated rings. The van der Waals surface area contributed by atoms with Crippen molar-refractivity contribution in [2.75, 3.05) is 0 Å². The first-order chi connectivity index (χ1) is 31.2. The van der Waals surface area contributed by atoms with E-state index in [0.717, 1.165) is 59.8 Å². The van der Waals surface area contributed by atoms with Gasteiger partial charge in [0.05, 0.1) is 0 Å². The second-order valence-electron chi connectivity index (χ2n) is 18.6. The maximum Gasteiger partial charge on any atom is 0.0255 e. The van der Waals surface area contributed by atoms with Crippen LogP contribution in [0.1, 0.15) is 164 Å². The Morgan fingerprint density at radius 1 is 0.516 bits per heavy atom. The van der Waals surface area contributed by atoms with Crippen molar-refractivity contribution in [1.29, 1.82) is 0 Å². The smallest absolute Gasteiger partial charge is 0.0255 e. The summed E-state index contributed by atoms with van der Waals surface area (Å²) in [5, 5.41) is 7.53. The highest BCUT2D eigenvalue weighted by Crippen LogP contribution is 2.41. The highest BCUT2D eigenvalue weighted by molar-refractivity contribution is 6.08. The number of allylic oxidation sites excluding steroid dienone is 1. The van der Waals surface area contributed by atoms with E-state index in [1.165, 1.54) is 104 Å². The molecule has 328 valence electrons. The van der Waals surface area contributed by atoms with Gasteiger partial charge in [0.1, 0.15) is 0 Å². The predicted octanol–water partition coefficient (Wildman–Crippen LogP) is 18.3. The molecule has 0 amide bonds. The molecule has 7 aromatic carbocycles. The van der Waals surface area contributed by atoms with Gasteiger partial charge in [0.15, 0.2) is 0 Å². The number of unbranched alkanes of at least 4 members (excludes halogenated alkanes) is 1. The molecule has 0 spiro atoms. The Morgan fingerprint density at radius 2 is 1.02 bits per heavy atom. The first-order valence-electron chi connectivity index (χ1n) is 24.6. The van der Waals surface area contributed by atoms with Crippen LogP contribution in [0.3, 0.4) is 0 Å². The van der Waals surface area contributed by atoms with Crippen LogP contribution in [-0.2, 0) is 12.8 Å². The molecule has 0 heteroatoms.